The van der Waals surface area contributed by atoms with E-state index < -0.39 is 0 Å². The van der Waals surface area contributed by atoms with Crippen molar-refractivity contribution < 1.29 is 9.21 Å². The third-order valence-corrected chi connectivity index (χ3v) is 4.96. The summed E-state index contributed by atoms with van der Waals surface area (Å²) < 4.78 is 7.95. The third-order valence-electron chi connectivity index (χ3n) is 4.96. The number of carbonyl (C=O) groups excluding carboxylic acids is 1. The first kappa shape index (κ1) is 17.3. The summed E-state index contributed by atoms with van der Waals surface area (Å²) in [6, 6.07) is 15.6. The van der Waals surface area contributed by atoms with Crippen LogP contribution in [0.4, 0.5) is 0 Å². The predicted octanol–water partition coefficient (Wildman–Crippen LogP) is 5.00. The first-order chi connectivity index (χ1) is 13.1. The highest BCUT2D eigenvalue weighted by Crippen LogP contribution is 2.28. The van der Waals surface area contributed by atoms with Crippen LogP contribution in [-0.4, -0.2) is 26.7 Å². The summed E-state index contributed by atoms with van der Waals surface area (Å²) in [6.07, 6.45) is 2.68. The van der Waals surface area contributed by atoms with E-state index in [9.17, 15) is 4.79 Å². The molecular formula is C22H23N3O2. The Morgan fingerprint density at radius 3 is 2.78 bits per heavy atom. The summed E-state index contributed by atoms with van der Waals surface area (Å²) in [5, 5.41) is 1.05. The summed E-state index contributed by atoms with van der Waals surface area (Å²) >= 11 is 0. The van der Waals surface area contributed by atoms with Gasteiger partial charge in [0.1, 0.15) is 22.7 Å². The second kappa shape index (κ2) is 6.91. The van der Waals surface area contributed by atoms with Crippen LogP contribution in [0.5, 0.6) is 0 Å². The molecule has 1 unspecified atom stereocenters. The molecule has 5 heteroatoms. The van der Waals surface area contributed by atoms with E-state index in [2.05, 4.69) is 11.9 Å². The van der Waals surface area contributed by atoms with Crippen molar-refractivity contribution in [1.82, 2.24) is 14.3 Å². The topological polar surface area (TPSA) is 50.8 Å². The highest BCUT2D eigenvalue weighted by Gasteiger charge is 2.26. The van der Waals surface area contributed by atoms with Crippen LogP contribution in [0.15, 0.2) is 59.1 Å². The van der Waals surface area contributed by atoms with Gasteiger partial charge in [0.25, 0.3) is 5.91 Å². The monoisotopic (exact) mass is 361 g/mol. The van der Waals surface area contributed by atoms with E-state index in [1.165, 1.54) is 0 Å². The predicted molar refractivity (Wildman–Crippen MR) is 106 cm³/mol. The van der Waals surface area contributed by atoms with Crippen molar-refractivity contribution in [3.05, 3.63) is 71.9 Å². The molecule has 0 saturated carbocycles. The Hall–Kier alpha value is -3.08. The Labute approximate surface area is 158 Å². The van der Waals surface area contributed by atoms with Gasteiger partial charge in [0, 0.05) is 23.8 Å². The Kier molecular flexibility index (Phi) is 4.44. The van der Waals surface area contributed by atoms with Crippen molar-refractivity contribution in [3.63, 3.8) is 0 Å². The molecule has 0 bridgehead atoms. The molecule has 0 saturated heterocycles. The number of imidazole rings is 1. The minimum atomic E-state index is -0.171. The number of pyridine rings is 1. The molecule has 0 N–H and O–H groups in total. The fraction of sp³-hybridized carbons (Fsp3) is 0.273. The maximum absolute atomic E-state index is 13.3. The van der Waals surface area contributed by atoms with Crippen LogP contribution in [0, 0.1) is 6.92 Å². The van der Waals surface area contributed by atoms with Crippen molar-refractivity contribution in [1.29, 1.82) is 0 Å². The normalized spacial score (nSPS) is 12.6. The number of aromatic nitrogens is 2. The number of hydrogen-bond acceptors (Lipinski definition) is 3. The molecule has 0 radical (unpaired) electrons. The molecule has 1 atom stereocenters. The minimum absolute atomic E-state index is 0.0760. The van der Waals surface area contributed by atoms with E-state index in [4.69, 9.17) is 4.42 Å². The Morgan fingerprint density at radius 2 is 2.04 bits per heavy atom. The molecule has 0 aliphatic carbocycles. The zero-order valence-corrected chi connectivity index (χ0v) is 15.8. The molecule has 27 heavy (non-hydrogen) atoms. The van der Waals surface area contributed by atoms with Gasteiger partial charge in [-0.2, -0.15) is 0 Å². The van der Waals surface area contributed by atoms with Gasteiger partial charge in [-0.1, -0.05) is 31.2 Å². The first-order valence-corrected chi connectivity index (χ1v) is 9.32. The van der Waals surface area contributed by atoms with Crippen LogP contribution in [0.2, 0.25) is 0 Å². The summed E-state index contributed by atoms with van der Waals surface area (Å²) in [4.78, 5) is 19.6. The lowest BCUT2D eigenvalue weighted by molar-refractivity contribution is 0.0667. The maximum Gasteiger partial charge on any atom is 0.274 e. The highest BCUT2D eigenvalue weighted by molar-refractivity contribution is 5.93. The van der Waals surface area contributed by atoms with Crippen LogP contribution in [0.1, 0.15) is 48.3 Å². The van der Waals surface area contributed by atoms with Gasteiger partial charge in [-0.05, 0) is 44.5 Å². The molecule has 3 heterocycles. The number of amides is 1. The Bertz CT molecular complexity index is 1080. The zero-order valence-electron chi connectivity index (χ0n) is 15.8. The molecule has 0 spiro atoms. The Morgan fingerprint density at radius 1 is 1.22 bits per heavy atom. The van der Waals surface area contributed by atoms with Gasteiger partial charge in [0.15, 0.2) is 0 Å². The van der Waals surface area contributed by atoms with Gasteiger partial charge in [-0.25, -0.2) is 4.98 Å². The average Bonchev–Trinajstić information content (AvgIpc) is 3.30. The summed E-state index contributed by atoms with van der Waals surface area (Å²) in [6.45, 7) is 6.72. The molecular weight excluding hydrogens is 338 g/mol. The lowest BCUT2D eigenvalue weighted by Crippen LogP contribution is -2.34. The van der Waals surface area contributed by atoms with E-state index in [1.807, 2.05) is 77.9 Å². The quantitative estimate of drug-likeness (QED) is 0.502. The molecule has 1 amide bonds. The van der Waals surface area contributed by atoms with Crippen molar-refractivity contribution in [3.8, 4) is 0 Å². The molecule has 0 aliphatic heterocycles. The number of rotatable bonds is 5. The zero-order chi connectivity index (χ0) is 19.0. The number of nitrogens with zero attached hydrogens (tertiary/aromatic N) is 3. The molecule has 1 aromatic carbocycles. The smallest absolute Gasteiger partial charge is 0.274 e. The molecule has 4 rings (SSSR count). The first-order valence-electron chi connectivity index (χ1n) is 9.32. The van der Waals surface area contributed by atoms with E-state index in [0.29, 0.717) is 12.2 Å². The number of furan rings is 1. The number of benzene rings is 1. The second-order valence-electron chi connectivity index (χ2n) is 6.88. The number of fused-ring (bicyclic) bond motifs is 2. The highest BCUT2D eigenvalue weighted by atomic mass is 16.3. The molecule has 0 fully saturated rings. The van der Waals surface area contributed by atoms with E-state index >= 15 is 0 Å². The van der Waals surface area contributed by atoms with Gasteiger partial charge in [0.2, 0.25) is 0 Å². The average molecular weight is 361 g/mol. The van der Waals surface area contributed by atoms with Gasteiger partial charge < -0.3 is 13.7 Å². The van der Waals surface area contributed by atoms with Crippen molar-refractivity contribution in [2.75, 3.05) is 6.54 Å². The molecule has 5 nitrogen and oxygen atoms in total. The Balaban J connectivity index is 1.69. The van der Waals surface area contributed by atoms with Crippen LogP contribution < -0.4 is 0 Å². The number of hydrogen-bond donors (Lipinski definition) is 0. The van der Waals surface area contributed by atoms with Gasteiger partial charge in [-0.15, -0.1) is 0 Å². The third kappa shape index (κ3) is 3.10. The van der Waals surface area contributed by atoms with Crippen LogP contribution in [0.25, 0.3) is 16.6 Å². The fourth-order valence-electron chi connectivity index (χ4n) is 3.47. The van der Waals surface area contributed by atoms with Crippen molar-refractivity contribution in [2.24, 2.45) is 0 Å². The number of para-hydroxylation sites is 1. The molecule has 0 aliphatic rings. The molecule has 138 valence electrons. The summed E-state index contributed by atoms with van der Waals surface area (Å²) in [5.41, 5.74) is 3.13. The SMILES string of the molecule is CCCN(C(=O)c1cn2c(C)cccc2n1)C(C)c1cc2ccccc2o1. The second-order valence-corrected chi connectivity index (χ2v) is 6.88. The summed E-state index contributed by atoms with van der Waals surface area (Å²) in [7, 11) is 0. The van der Waals surface area contributed by atoms with Crippen molar-refractivity contribution >= 4 is 22.5 Å². The maximum atomic E-state index is 13.3. The standard InChI is InChI=1S/C22H23N3O2/c1-4-12-24(16(3)20-13-17-9-5-6-10-19(17)27-20)22(26)18-14-25-15(2)8-7-11-21(25)23-18/h5-11,13-14,16H,4,12H2,1-3H3. The number of aryl methyl sites for hydroxylation is 1. The van der Waals surface area contributed by atoms with Gasteiger partial charge in [-0.3, -0.25) is 4.79 Å². The van der Waals surface area contributed by atoms with Crippen LogP contribution in [-0.2, 0) is 0 Å². The molecule has 3 aromatic heterocycles. The van der Waals surface area contributed by atoms with E-state index in [1.54, 1.807) is 0 Å². The summed E-state index contributed by atoms with van der Waals surface area (Å²) in [5.74, 6) is 0.714. The van der Waals surface area contributed by atoms with Gasteiger partial charge >= 0.3 is 0 Å². The van der Waals surface area contributed by atoms with Crippen LogP contribution in [0.3, 0.4) is 0 Å². The number of carbonyl (C=O) groups is 1. The molecule has 4 aromatic rings. The lowest BCUT2D eigenvalue weighted by atomic mass is 10.1. The van der Waals surface area contributed by atoms with E-state index in [0.717, 1.165) is 34.5 Å². The van der Waals surface area contributed by atoms with Gasteiger partial charge in [0.05, 0.1) is 6.04 Å². The lowest BCUT2D eigenvalue weighted by Gasteiger charge is -2.26. The fourth-order valence-corrected chi connectivity index (χ4v) is 3.47. The van der Waals surface area contributed by atoms with Crippen LogP contribution >= 0.6 is 0 Å². The largest absolute Gasteiger partial charge is 0.459 e. The van der Waals surface area contributed by atoms with Crippen molar-refractivity contribution in [2.45, 2.75) is 33.2 Å². The van der Waals surface area contributed by atoms with E-state index in [-0.39, 0.29) is 11.9 Å². The minimum Gasteiger partial charge on any atom is -0.459 e.